The summed E-state index contributed by atoms with van der Waals surface area (Å²) in [5.41, 5.74) is 5.04. The Balaban J connectivity index is 2.62. The molecule has 0 unspecified atom stereocenters. The van der Waals surface area contributed by atoms with Crippen LogP contribution in [0.5, 0.6) is 0 Å². The van der Waals surface area contributed by atoms with E-state index in [1.165, 1.54) is 6.20 Å². The molecule has 0 saturated heterocycles. The van der Waals surface area contributed by atoms with Gasteiger partial charge in [-0.15, -0.1) is 0 Å². The van der Waals surface area contributed by atoms with Crippen LogP contribution in [-0.2, 0) is 0 Å². The normalized spacial score (nSPS) is 11.1. The number of amides is 1. The van der Waals surface area contributed by atoms with E-state index in [4.69, 9.17) is 5.73 Å². The number of rotatable bonds is 3. The molecule has 0 fully saturated rings. The van der Waals surface area contributed by atoms with E-state index in [0.717, 1.165) is 6.20 Å². The first-order chi connectivity index (χ1) is 6.88. The Morgan fingerprint density at radius 2 is 2.33 bits per heavy atom. The summed E-state index contributed by atoms with van der Waals surface area (Å²) in [5, 5.41) is 2.61. The maximum absolute atomic E-state index is 11.5. The zero-order chi connectivity index (χ0) is 11.5. The fourth-order valence-corrected chi connectivity index (χ4v) is 0.865. The van der Waals surface area contributed by atoms with E-state index in [-0.39, 0.29) is 17.2 Å². The number of nitrogens with two attached hydrogens (primary N) is 1. The van der Waals surface area contributed by atoms with Crippen molar-refractivity contribution in [3.05, 3.63) is 28.4 Å². The third-order valence-electron chi connectivity index (χ3n) is 1.61. The van der Waals surface area contributed by atoms with Crippen LogP contribution >= 0.6 is 0 Å². The summed E-state index contributed by atoms with van der Waals surface area (Å²) in [6.45, 7) is 3.94. The molecule has 1 aromatic heterocycles. The van der Waals surface area contributed by atoms with Crippen molar-refractivity contribution in [1.82, 2.24) is 15.3 Å². The van der Waals surface area contributed by atoms with E-state index >= 15 is 0 Å². The molecule has 1 heterocycles. The maximum Gasteiger partial charge on any atom is 0.271 e. The van der Waals surface area contributed by atoms with Gasteiger partial charge in [0, 0.05) is 18.3 Å². The van der Waals surface area contributed by atoms with Gasteiger partial charge in [0.2, 0.25) is 0 Å². The van der Waals surface area contributed by atoms with Gasteiger partial charge in [0.1, 0.15) is 5.69 Å². The van der Waals surface area contributed by atoms with Gasteiger partial charge in [0.05, 0.1) is 6.20 Å². The number of hydrogen-bond acceptors (Lipinski definition) is 4. The SMILES string of the molecule is CC(C)(N)CNC(=O)c1c[nH]c(=O)cn1. The van der Waals surface area contributed by atoms with Gasteiger partial charge in [-0.3, -0.25) is 9.59 Å². The fourth-order valence-electron chi connectivity index (χ4n) is 0.865. The van der Waals surface area contributed by atoms with E-state index in [1.54, 1.807) is 13.8 Å². The second-order valence-electron chi connectivity index (χ2n) is 3.97. The summed E-state index contributed by atoms with van der Waals surface area (Å²) in [5.74, 6) is -0.357. The van der Waals surface area contributed by atoms with Crippen LogP contribution in [0.25, 0.3) is 0 Å². The lowest BCUT2D eigenvalue weighted by molar-refractivity contribution is 0.0940. The average Bonchev–Trinajstić information content (AvgIpc) is 2.14. The predicted octanol–water partition coefficient (Wildman–Crippen LogP) is -0.763. The van der Waals surface area contributed by atoms with Crippen LogP contribution in [0, 0.1) is 0 Å². The number of nitrogens with one attached hydrogen (secondary N) is 2. The molecular formula is C9H14N4O2. The van der Waals surface area contributed by atoms with Gasteiger partial charge in [-0.05, 0) is 13.8 Å². The molecule has 0 atom stereocenters. The van der Waals surface area contributed by atoms with Crippen LogP contribution in [0.4, 0.5) is 0 Å². The molecule has 15 heavy (non-hydrogen) atoms. The molecule has 6 nitrogen and oxygen atoms in total. The molecule has 0 spiro atoms. The Labute approximate surface area is 86.9 Å². The quantitative estimate of drug-likeness (QED) is 0.610. The minimum Gasteiger partial charge on any atom is -0.349 e. The number of H-pyrrole nitrogens is 1. The van der Waals surface area contributed by atoms with E-state index in [9.17, 15) is 9.59 Å². The van der Waals surface area contributed by atoms with Crippen molar-refractivity contribution in [1.29, 1.82) is 0 Å². The number of carbonyl (C=O) groups excluding carboxylic acids is 1. The largest absolute Gasteiger partial charge is 0.349 e. The standard InChI is InChI=1S/C9H14N4O2/c1-9(2,10)5-13-8(15)6-3-12-7(14)4-11-6/h3-4H,5,10H2,1-2H3,(H,12,14)(H,13,15). The smallest absolute Gasteiger partial charge is 0.271 e. The topological polar surface area (TPSA) is 101 Å². The van der Waals surface area contributed by atoms with E-state index in [2.05, 4.69) is 15.3 Å². The summed E-state index contributed by atoms with van der Waals surface area (Å²) in [6, 6.07) is 0. The van der Waals surface area contributed by atoms with Gasteiger partial charge in [0.15, 0.2) is 0 Å². The van der Waals surface area contributed by atoms with Crippen molar-refractivity contribution in [2.45, 2.75) is 19.4 Å². The maximum atomic E-state index is 11.5. The lowest BCUT2D eigenvalue weighted by Gasteiger charge is -2.18. The van der Waals surface area contributed by atoms with Gasteiger partial charge in [-0.2, -0.15) is 0 Å². The number of aromatic amines is 1. The summed E-state index contributed by atoms with van der Waals surface area (Å²) < 4.78 is 0. The third-order valence-corrected chi connectivity index (χ3v) is 1.61. The van der Waals surface area contributed by atoms with Crippen molar-refractivity contribution < 1.29 is 4.79 Å². The third kappa shape index (κ3) is 3.90. The van der Waals surface area contributed by atoms with Crippen LogP contribution in [-0.4, -0.2) is 28.0 Å². The molecule has 0 aliphatic rings. The first kappa shape index (κ1) is 11.4. The second-order valence-corrected chi connectivity index (χ2v) is 3.97. The fraction of sp³-hybridized carbons (Fsp3) is 0.444. The highest BCUT2D eigenvalue weighted by atomic mass is 16.2. The summed E-state index contributed by atoms with van der Waals surface area (Å²) in [4.78, 5) is 28.2. The number of aromatic nitrogens is 2. The Kier molecular flexibility index (Phi) is 3.21. The molecule has 0 radical (unpaired) electrons. The molecule has 1 aromatic rings. The summed E-state index contributed by atoms with van der Waals surface area (Å²) in [6.07, 6.45) is 2.32. The van der Waals surface area contributed by atoms with Gasteiger partial charge in [0.25, 0.3) is 11.5 Å². The summed E-state index contributed by atoms with van der Waals surface area (Å²) >= 11 is 0. The van der Waals surface area contributed by atoms with Crippen molar-refractivity contribution in [3.63, 3.8) is 0 Å². The Morgan fingerprint density at radius 1 is 1.67 bits per heavy atom. The lowest BCUT2D eigenvalue weighted by atomic mass is 10.1. The van der Waals surface area contributed by atoms with Gasteiger partial charge < -0.3 is 16.0 Å². The number of nitrogens with zero attached hydrogens (tertiary/aromatic N) is 1. The molecular weight excluding hydrogens is 196 g/mol. The van der Waals surface area contributed by atoms with Crippen LogP contribution < -0.4 is 16.6 Å². The highest BCUT2D eigenvalue weighted by Crippen LogP contribution is 1.94. The molecule has 0 aliphatic heterocycles. The van der Waals surface area contributed by atoms with Crippen molar-refractivity contribution in [3.8, 4) is 0 Å². The monoisotopic (exact) mass is 210 g/mol. The van der Waals surface area contributed by atoms with Crippen LogP contribution in [0.15, 0.2) is 17.2 Å². The van der Waals surface area contributed by atoms with E-state index in [0.29, 0.717) is 6.54 Å². The Bertz CT molecular complexity index is 385. The molecule has 4 N–H and O–H groups in total. The Morgan fingerprint density at radius 3 is 2.80 bits per heavy atom. The van der Waals surface area contributed by atoms with Crippen molar-refractivity contribution >= 4 is 5.91 Å². The first-order valence-electron chi connectivity index (χ1n) is 4.50. The molecule has 6 heteroatoms. The number of carbonyl (C=O) groups is 1. The Hall–Kier alpha value is -1.69. The molecule has 0 saturated carbocycles. The lowest BCUT2D eigenvalue weighted by Crippen LogP contribution is -2.45. The van der Waals surface area contributed by atoms with Gasteiger partial charge in [-0.1, -0.05) is 0 Å². The molecule has 1 rings (SSSR count). The van der Waals surface area contributed by atoms with E-state index in [1.807, 2.05) is 0 Å². The molecule has 0 aromatic carbocycles. The van der Waals surface area contributed by atoms with Crippen LogP contribution in [0.1, 0.15) is 24.3 Å². The minimum absolute atomic E-state index is 0.166. The van der Waals surface area contributed by atoms with Gasteiger partial charge in [-0.25, -0.2) is 4.98 Å². The predicted molar refractivity (Wildman–Crippen MR) is 55.5 cm³/mol. The average molecular weight is 210 g/mol. The highest BCUT2D eigenvalue weighted by molar-refractivity contribution is 5.91. The van der Waals surface area contributed by atoms with Crippen LogP contribution in [0.2, 0.25) is 0 Å². The molecule has 1 amide bonds. The molecule has 0 aliphatic carbocycles. The summed E-state index contributed by atoms with van der Waals surface area (Å²) in [7, 11) is 0. The minimum atomic E-state index is -0.474. The highest BCUT2D eigenvalue weighted by Gasteiger charge is 2.13. The van der Waals surface area contributed by atoms with Crippen molar-refractivity contribution in [2.24, 2.45) is 5.73 Å². The molecule has 0 bridgehead atoms. The van der Waals surface area contributed by atoms with Gasteiger partial charge >= 0.3 is 0 Å². The zero-order valence-corrected chi connectivity index (χ0v) is 8.70. The molecule has 82 valence electrons. The zero-order valence-electron chi connectivity index (χ0n) is 8.70. The number of hydrogen-bond donors (Lipinski definition) is 3. The first-order valence-corrected chi connectivity index (χ1v) is 4.50. The van der Waals surface area contributed by atoms with E-state index < -0.39 is 5.54 Å². The van der Waals surface area contributed by atoms with Crippen molar-refractivity contribution in [2.75, 3.05) is 6.54 Å². The van der Waals surface area contributed by atoms with Crippen LogP contribution in [0.3, 0.4) is 0 Å². The second kappa shape index (κ2) is 4.22.